The lowest BCUT2D eigenvalue weighted by atomic mass is 9.91. The summed E-state index contributed by atoms with van der Waals surface area (Å²) in [6.07, 6.45) is 2.19. The zero-order chi connectivity index (χ0) is 27.6. The number of Topliss-reactive ketones (excluding diaryl/α,β-unsaturated/α-hetero) is 1. The van der Waals surface area contributed by atoms with Crippen molar-refractivity contribution >= 4 is 11.7 Å². The summed E-state index contributed by atoms with van der Waals surface area (Å²) < 4.78 is 0. The van der Waals surface area contributed by atoms with Gasteiger partial charge in [-0.05, 0) is 66.8 Å². The first-order chi connectivity index (χ1) is 16.6. The molecule has 0 aliphatic rings. The van der Waals surface area contributed by atoms with Gasteiger partial charge in [-0.15, -0.1) is 0 Å². The fourth-order valence-electron chi connectivity index (χ4n) is 3.35. The second-order valence-electron chi connectivity index (χ2n) is 8.41. The van der Waals surface area contributed by atoms with E-state index in [9.17, 15) is 9.59 Å². The highest BCUT2D eigenvalue weighted by Crippen LogP contribution is 2.25. The molecule has 4 heteroatoms. The van der Waals surface area contributed by atoms with Gasteiger partial charge in [0, 0.05) is 19.0 Å². The molecule has 1 amide bonds. The van der Waals surface area contributed by atoms with Gasteiger partial charge in [-0.1, -0.05) is 91.8 Å². The standard InChI is InChI=1S/C14H22.C13H17NO3.2C2H6/c1-6-11(4)13-7-8-14(10(2)3)12(5)9-13;1-10(15)12-6-4-5-11(9-12)7-8-13(16)14(2)17-3;2*1-2/h7-11H,6H2,1-5H3;4-6,9H,7-8H2,1-3H3;2*1-2H3. The number of hydrogen-bond donors (Lipinski definition) is 0. The number of aryl methyl sites for hydroxylation is 2. The molecular formula is C31H51NO3. The molecule has 0 heterocycles. The minimum Gasteiger partial charge on any atom is -0.295 e. The summed E-state index contributed by atoms with van der Waals surface area (Å²) in [5, 5.41) is 1.20. The van der Waals surface area contributed by atoms with Gasteiger partial charge in [0.15, 0.2) is 5.78 Å². The van der Waals surface area contributed by atoms with Crippen LogP contribution in [-0.2, 0) is 16.1 Å². The van der Waals surface area contributed by atoms with E-state index in [-0.39, 0.29) is 11.7 Å². The van der Waals surface area contributed by atoms with Gasteiger partial charge in [0.05, 0.1) is 7.11 Å². The predicted octanol–water partition coefficient (Wildman–Crippen LogP) is 8.53. The number of carbonyl (C=O) groups is 2. The molecule has 0 saturated carbocycles. The van der Waals surface area contributed by atoms with Gasteiger partial charge < -0.3 is 0 Å². The van der Waals surface area contributed by atoms with Gasteiger partial charge in [0.1, 0.15) is 0 Å². The van der Waals surface area contributed by atoms with E-state index in [1.54, 1.807) is 13.1 Å². The van der Waals surface area contributed by atoms with Gasteiger partial charge in [0.25, 0.3) is 0 Å². The highest BCUT2D eigenvalue weighted by Gasteiger charge is 2.09. The average molecular weight is 486 g/mol. The van der Waals surface area contributed by atoms with Crippen molar-refractivity contribution in [2.75, 3.05) is 14.2 Å². The molecule has 198 valence electrons. The maximum Gasteiger partial charge on any atom is 0.246 e. The zero-order valence-electron chi connectivity index (χ0n) is 24.5. The van der Waals surface area contributed by atoms with E-state index >= 15 is 0 Å². The van der Waals surface area contributed by atoms with Crippen molar-refractivity contribution < 1.29 is 14.4 Å². The third kappa shape index (κ3) is 13.3. The first kappa shape index (κ1) is 34.7. The number of carbonyl (C=O) groups excluding carboxylic acids is 2. The molecule has 2 rings (SSSR count). The smallest absolute Gasteiger partial charge is 0.246 e. The number of nitrogens with zero attached hydrogens (tertiary/aromatic N) is 1. The van der Waals surface area contributed by atoms with Crippen molar-refractivity contribution in [3.8, 4) is 0 Å². The molecule has 2 aromatic carbocycles. The van der Waals surface area contributed by atoms with E-state index in [2.05, 4.69) is 52.8 Å². The molecule has 0 aliphatic heterocycles. The summed E-state index contributed by atoms with van der Waals surface area (Å²) in [6.45, 7) is 20.8. The minimum absolute atomic E-state index is 0.0344. The number of amides is 1. The predicted molar refractivity (Wildman–Crippen MR) is 151 cm³/mol. The van der Waals surface area contributed by atoms with Crippen molar-refractivity contribution in [3.63, 3.8) is 0 Å². The highest BCUT2D eigenvalue weighted by molar-refractivity contribution is 5.94. The van der Waals surface area contributed by atoms with Crippen LogP contribution in [0, 0.1) is 6.92 Å². The van der Waals surface area contributed by atoms with Crippen molar-refractivity contribution in [2.24, 2.45) is 0 Å². The van der Waals surface area contributed by atoms with E-state index in [0.29, 0.717) is 30.2 Å². The number of ketones is 1. The molecule has 2 aromatic rings. The first-order valence-corrected chi connectivity index (χ1v) is 13.1. The molecule has 0 aliphatic carbocycles. The maximum atomic E-state index is 11.5. The van der Waals surface area contributed by atoms with Crippen LogP contribution in [0.25, 0.3) is 0 Å². The van der Waals surface area contributed by atoms with E-state index in [4.69, 9.17) is 4.84 Å². The maximum absolute atomic E-state index is 11.5. The van der Waals surface area contributed by atoms with Gasteiger partial charge in [-0.2, -0.15) is 0 Å². The van der Waals surface area contributed by atoms with E-state index in [0.717, 1.165) is 5.56 Å². The molecule has 0 saturated heterocycles. The van der Waals surface area contributed by atoms with Gasteiger partial charge in [-0.25, -0.2) is 5.06 Å². The second-order valence-corrected chi connectivity index (χ2v) is 8.41. The number of rotatable bonds is 8. The normalized spacial score (nSPS) is 10.5. The lowest BCUT2D eigenvalue weighted by Crippen LogP contribution is -2.25. The summed E-state index contributed by atoms with van der Waals surface area (Å²) in [4.78, 5) is 27.5. The van der Waals surface area contributed by atoms with Crippen molar-refractivity contribution in [3.05, 3.63) is 70.3 Å². The monoisotopic (exact) mass is 485 g/mol. The summed E-state index contributed by atoms with van der Waals surface area (Å²) in [6, 6.07) is 14.3. The van der Waals surface area contributed by atoms with Gasteiger partial charge in [0.2, 0.25) is 5.91 Å². The van der Waals surface area contributed by atoms with Crippen molar-refractivity contribution in [1.29, 1.82) is 0 Å². The van der Waals surface area contributed by atoms with Crippen LogP contribution >= 0.6 is 0 Å². The lowest BCUT2D eigenvalue weighted by Gasteiger charge is -2.14. The summed E-state index contributed by atoms with van der Waals surface area (Å²) in [7, 11) is 3.03. The molecule has 1 atom stereocenters. The Morgan fingerprint density at radius 2 is 1.57 bits per heavy atom. The quantitative estimate of drug-likeness (QED) is 0.278. The largest absolute Gasteiger partial charge is 0.295 e. The van der Waals surface area contributed by atoms with Gasteiger partial charge in [-0.3, -0.25) is 14.4 Å². The Balaban J connectivity index is 0. The van der Waals surface area contributed by atoms with Crippen LogP contribution in [0.2, 0.25) is 0 Å². The van der Waals surface area contributed by atoms with Crippen LogP contribution in [0.1, 0.15) is 120 Å². The fourth-order valence-corrected chi connectivity index (χ4v) is 3.35. The Hall–Kier alpha value is -2.46. The fraction of sp³-hybridized carbons (Fsp3) is 0.548. The Labute approximate surface area is 216 Å². The van der Waals surface area contributed by atoms with Crippen molar-refractivity contribution in [1.82, 2.24) is 5.06 Å². The van der Waals surface area contributed by atoms with E-state index in [1.807, 2.05) is 45.9 Å². The molecule has 1 unspecified atom stereocenters. The molecule has 0 bridgehead atoms. The summed E-state index contributed by atoms with van der Waals surface area (Å²) in [5.74, 6) is 1.28. The SMILES string of the molecule is CC.CC.CCC(C)c1ccc(C(C)C)c(C)c1.CON(C)C(=O)CCc1cccc(C(C)=O)c1. The van der Waals surface area contributed by atoms with Crippen LogP contribution in [0.4, 0.5) is 0 Å². The topological polar surface area (TPSA) is 46.6 Å². The zero-order valence-corrected chi connectivity index (χ0v) is 24.5. The van der Waals surface area contributed by atoms with Crippen LogP contribution < -0.4 is 0 Å². The second kappa shape index (κ2) is 19.8. The molecule has 0 N–H and O–H groups in total. The Kier molecular flexibility index (Phi) is 19.6. The van der Waals surface area contributed by atoms with Crippen LogP contribution in [-0.4, -0.2) is 30.9 Å². The molecule has 0 spiro atoms. The third-order valence-corrected chi connectivity index (χ3v) is 5.68. The highest BCUT2D eigenvalue weighted by atomic mass is 16.7. The molecule has 0 fully saturated rings. The third-order valence-electron chi connectivity index (χ3n) is 5.68. The summed E-state index contributed by atoms with van der Waals surface area (Å²) in [5.41, 5.74) is 6.06. The Morgan fingerprint density at radius 1 is 0.971 bits per heavy atom. The first-order valence-electron chi connectivity index (χ1n) is 13.1. The van der Waals surface area contributed by atoms with Crippen LogP contribution in [0.3, 0.4) is 0 Å². The number of hydroxylamine groups is 2. The lowest BCUT2D eigenvalue weighted by molar-refractivity contribution is -0.168. The van der Waals surface area contributed by atoms with E-state index in [1.165, 1.54) is 42.2 Å². The van der Waals surface area contributed by atoms with Crippen LogP contribution in [0.5, 0.6) is 0 Å². The number of hydrogen-bond acceptors (Lipinski definition) is 3. The molecular weight excluding hydrogens is 434 g/mol. The molecule has 35 heavy (non-hydrogen) atoms. The molecule has 4 nitrogen and oxygen atoms in total. The molecule has 0 radical (unpaired) electrons. The van der Waals surface area contributed by atoms with Gasteiger partial charge >= 0.3 is 0 Å². The minimum atomic E-state index is -0.0827. The molecule has 0 aromatic heterocycles. The average Bonchev–Trinajstić information content (AvgIpc) is 2.88. The summed E-state index contributed by atoms with van der Waals surface area (Å²) >= 11 is 0. The van der Waals surface area contributed by atoms with E-state index < -0.39 is 0 Å². The van der Waals surface area contributed by atoms with Crippen LogP contribution in [0.15, 0.2) is 42.5 Å². The van der Waals surface area contributed by atoms with Crippen molar-refractivity contribution in [2.45, 2.75) is 100 Å². The number of benzene rings is 2. The Bertz CT molecular complexity index is 858. The Morgan fingerprint density at radius 3 is 2.03 bits per heavy atom.